The molecule has 0 aliphatic carbocycles. The molecular formula is C16H17F3N4O. The number of amides is 1. The second-order valence-electron chi connectivity index (χ2n) is 5.67. The van der Waals surface area contributed by atoms with Gasteiger partial charge in [-0.15, -0.1) is 0 Å². The van der Waals surface area contributed by atoms with Crippen molar-refractivity contribution in [2.75, 3.05) is 32.7 Å². The molecule has 1 aliphatic rings. The van der Waals surface area contributed by atoms with E-state index in [1.807, 2.05) is 30.3 Å². The molecule has 0 spiro atoms. The minimum atomic E-state index is -4.21. The van der Waals surface area contributed by atoms with E-state index in [0.717, 1.165) is 5.69 Å². The van der Waals surface area contributed by atoms with Gasteiger partial charge in [0.15, 0.2) is 0 Å². The fraction of sp³-hybridized carbons (Fsp3) is 0.375. The molecule has 2 heterocycles. The first kappa shape index (κ1) is 16.5. The molecule has 0 saturated carbocycles. The fourth-order valence-corrected chi connectivity index (χ4v) is 2.77. The monoisotopic (exact) mass is 338 g/mol. The summed E-state index contributed by atoms with van der Waals surface area (Å²) in [6.45, 7) is 0.0379. The highest BCUT2D eigenvalue weighted by Gasteiger charge is 2.33. The molecule has 0 atom stereocenters. The number of aromatic nitrogens is 2. The summed E-state index contributed by atoms with van der Waals surface area (Å²) in [5.74, 6) is -0.219. The van der Waals surface area contributed by atoms with Crippen LogP contribution in [0.3, 0.4) is 0 Å². The van der Waals surface area contributed by atoms with Crippen LogP contribution in [0, 0.1) is 0 Å². The summed E-state index contributed by atoms with van der Waals surface area (Å²) in [5, 5.41) is 0. The standard InChI is InChI=1S/C16H17F3N4O/c17-16(18,19)11-21-6-8-22(9-7-21)15(24)14-10-20-12-23(14)13-4-2-1-3-5-13/h1-5,10,12H,6-9,11H2. The summed E-state index contributed by atoms with van der Waals surface area (Å²) < 4.78 is 39.0. The average Bonchev–Trinajstić information content (AvgIpc) is 3.04. The van der Waals surface area contributed by atoms with Gasteiger partial charge in [-0.25, -0.2) is 4.98 Å². The Labute approximate surface area is 137 Å². The fourth-order valence-electron chi connectivity index (χ4n) is 2.77. The van der Waals surface area contributed by atoms with Crippen LogP contribution in [0.15, 0.2) is 42.9 Å². The highest BCUT2D eigenvalue weighted by atomic mass is 19.4. The van der Waals surface area contributed by atoms with E-state index in [-0.39, 0.29) is 32.1 Å². The number of carbonyl (C=O) groups is 1. The third-order valence-electron chi connectivity index (χ3n) is 3.95. The van der Waals surface area contributed by atoms with Crippen molar-refractivity contribution in [3.63, 3.8) is 0 Å². The SMILES string of the molecule is O=C(c1cncn1-c1ccccc1)N1CCN(CC(F)(F)F)CC1. The van der Waals surface area contributed by atoms with E-state index in [1.54, 1.807) is 15.8 Å². The van der Waals surface area contributed by atoms with Crippen molar-refractivity contribution in [2.45, 2.75) is 6.18 Å². The highest BCUT2D eigenvalue weighted by molar-refractivity contribution is 5.93. The van der Waals surface area contributed by atoms with Crippen LogP contribution in [0.5, 0.6) is 0 Å². The summed E-state index contributed by atoms with van der Waals surface area (Å²) in [6.07, 6.45) is -1.17. The number of hydrogen-bond acceptors (Lipinski definition) is 3. The number of para-hydroxylation sites is 1. The minimum absolute atomic E-state index is 0.213. The molecule has 1 saturated heterocycles. The van der Waals surface area contributed by atoms with E-state index in [9.17, 15) is 18.0 Å². The van der Waals surface area contributed by atoms with Crippen molar-refractivity contribution in [3.8, 4) is 5.69 Å². The first-order valence-electron chi connectivity index (χ1n) is 7.60. The van der Waals surface area contributed by atoms with Crippen molar-refractivity contribution < 1.29 is 18.0 Å². The van der Waals surface area contributed by atoms with E-state index in [0.29, 0.717) is 5.69 Å². The number of piperazine rings is 1. The van der Waals surface area contributed by atoms with E-state index in [1.165, 1.54) is 11.1 Å². The Kier molecular flexibility index (Phi) is 4.57. The molecule has 0 unspecified atom stereocenters. The van der Waals surface area contributed by atoms with Gasteiger partial charge in [-0.3, -0.25) is 14.3 Å². The molecule has 24 heavy (non-hydrogen) atoms. The molecule has 1 aromatic heterocycles. The zero-order valence-corrected chi connectivity index (χ0v) is 12.9. The molecule has 1 fully saturated rings. The molecule has 1 aliphatic heterocycles. The topological polar surface area (TPSA) is 41.4 Å². The molecular weight excluding hydrogens is 321 g/mol. The van der Waals surface area contributed by atoms with E-state index >= 15 is 0 Å². The Morgan fingerprint density at radius 1 is 1.08 bits per heavy atom. The molecule has 128 valence electrons. The van der Waals surface area contributed by atoms with Gasteiger partial charge in [-0.1, -0.05) is 18.2 Å². The van der Waals surface area contributed by atoms with Gasteiger partial charge in [0.2, 0.25) is 0 Å². The molecule has 1 aromatic carbocycles. The predicted molar refractivity (Wildman–Crippen MR) is 82.0 cm³/mol. The smallest absolute Gasteiger partial charge is 0.335 e. The average molecular weight is 338 g/mol. The normalized spacial score (nSPS) is 16.4. The lowest BCUT2D eigenvalue weighted by atomic mass is 10.2. The van der Waals surface area contributed by atoms with E-state index in [4.69, 9.17) is 0 Å². The molecule has 8 heteroatoms. The molecule has 5 nitrogen and oxygen atoms in total. The van der Waals surface area contributed by atoms with Crippen molar-refractivity contribution in [1.29, 1.82) is 0 Å². The largest absolute Gasteiger partial charge is 0.401 e. The van der Waals surface area contributed by atoms with Crippen molar-refractivity contribution in [3.05, 3.63) is 48.5 Å². The number of imidazole rings is 1. The maximum absolute atomic E-state index is 12.7. The van der Waals surface area contributed by atoms with Crippen molar-refractivity contribution >= 4 is 5.91 Å². The van der Waals surface area contributed by atoms with Gasteiger partial charge < -0.3 is 4.90 Å². The molecule has 1 amide bonds. The maximum Gasteiger partial charge on any atom is 0.401 e. The van der Waals surface area contributed by atoms with Gasteiger partial charge in [0.1, 0.15) is 5.69 Å². The third-order valence-corrected chi connectivity index (χ3v) is 3.95. The van der Waals surface area contributed by atoms with Gasteiger partial charge in [-0.05, 0) is 12.1 Å². The van der Waals surface area contributed by atoms with Gasteiger partial charge in [0.05, 0.1) is 19.1 Å². The Balaban J connectivity index is 1.68. The lowest BCUT2D eigenvalue weighted by molar-refractivity contribution is -0.148. The zero-order chi connectivity index (χ0) is 17.2. The first-order valence-corrected chi connectivity index (χ1v) is 7.60. The van der Waals surface area contributed by atoms with Crippen LogP contribution < -0.4 is 0 Å². The molecule has 2 aromatic rings. The zero-order valence-electron chi connectivity index (χ0n) is 12.9. The molecule has 0 N–H and O–H groups in total. The summed E-state index contributed by atoms with van der Waals surface area (Å²) in [5.41, 5.74) is 1.22. The molecule has 0 radical (unpaired) electrons. The number of nitrogens with zero attached hydrogens (tertiary/aromatic N) is 4. The summed E-state index contributed by atoms with van der Waals surface area (Å²) in [4.78, 5) is 19.6. The van der Waals surface area contributed by atoms with Crippen LogP contribution in [0.2, 0.25) is 0 Å². The van der Waals surface area contributed by atoms with Crippen LogP contribution in [0.4, 0.5) is 13.2 Å². The number of alkyl halides is 3. The number of benzene rings is 1. The highest BCUT2D eigenvalue weighted by Crippen LogP contribution is 2.19. The van der Waals surface area contributed by atoms with Crippen molar-refractivity contribution in [2.24, 2.45) is 0 Å². The number of carbonyl (C=O) groups excluding carboxylic acids is 1. The van der Waals surface area contributed by atoms with Crippen LogP contribution in [-0.4, -0.2) is 64.2 Å². The quantitative estimate of drug-likeness (QED) is 0.862. The lowest BCUT2D eigenvalue weighted by Crippen LogP contribution is -2.51. The van der Waals surface area contributed by atoms with Crippen molar-refractivity contribution in [1.82, 2.24) is 19.4 Å². The maximum atomic E-state index is 12.7. The van der Waals surface area contributed by atoms with Gasteiger partial charge in [0, 0.05) is 31.9 Å². The molecule has 0 bridgehead atoms. The van der Waals surface area contributed by atoms with Crippen LogP contribution >= 0.6 is 0 Å². The van der Waals surface area contributed by atoms with Crippen LogP contribution in [0.25, 0.3) is 5.69 Å². The Morgan fingerprint density at radius 2 is 1.75 bits per heavy atom. The Hall–Kier alpha value is -2.35. The second-order valence-corrected chi connectivity index (χ2v) is 5.67. The van der Waals surface area contributed by atoms with Crippen LogP contribution in [0.1, 0.15) is 10.5 Å². The first-order chi connectivity index (χ1) is 11.4. The van der Waals surface area contributed by atoms with Crippen LogP contribution in [-0.2, 0) is 0 Å². The summed E-state index contributed by atoms with van der Waals surface area (Å²) >= 11 is 0. The van der Waals surface area contributed by atoms with E-state index < -0.39 is 12.7 Å². The molecule has 3 rings (SSSR count). The third kappa shape index (κ3) is 3.76. The van der Waals surface area contributed by atoms with Gasteiger partial charge >= 0.3 is 6.18 Å². The Morgan fingerprint density at radius 3 is 2.38 bits per heavy atom. The number of hydrogen-bond donors (Lipinski definition) is 0. The summed E-state index contributed by atoms with van der Waals surface area (Å²) in [7, 11) is 0. The van der Waals surface area contributed by atoms with Gasteiger partial charge in [-0.2, -0.15) is 13.2 Å². The number of halogens is 3. The predicted octanol–water partition coefficient (Wildman–Crippen LogP) is 2.19. The minimum Gasteiger partial charge on any atom is -0.335 e. The van der Waals surface area contributed by atoms with E-state index in [2.05, 4.69) is 4.98 Å². The summed E-state index contributed by atoms with van der Waals surface area (Å²) in [6, 6.07) is 9.32. The second kappa shape index (κ2) is 6.64. The lowest BCUT2D eigenvalue weighted by Gasteiger charge is -2.35. The Bertz CT molecular complexity index is 691. The van der Waals surface area contributed by atoms with Gasteiger partial charge in [0.25, 0.3) is 5.91 Å². The number of rotatable bonds is 3.